The van der Waals surface area contributed by atoms with Gasteiger partial charge in [0.1, 0.15) is 0 Å². The van der Waals surface area contributed by atoms with E-state index in [9.17, 15) is 0 Å². The van der Waals surface area contributed by atoms with Crippen LogP contribution in [-0.4, -0.2) is 9.97 Å². The molecule has 1 aromatic carbocycles. The molecule has 0 amide bonds. The smallest absolute Gasteiger partial charge is 0.161 e. The second kappa shape index (κ2) is 4.82. The first-order valence-electron chi connectivity index (χ1n) is 6.19. The van der Waals surface area contributed by atoms with Gasteiger partial charge in [-0.15, -0.1) is 0 Å². The van der Waals surface area contributed by atoms with Crippen LogP contribution in [0, 0.1) is 6.92 Å². The van der Waals surface area contributed by atoms with Gasteiger partial charge in [-0.25, -0.2) is 9.97 Å². The summed E-state index contributed by atoms with van der Waals surface area (Å²) in [7, 11) is 0. The number of aryl methyl sites for hydroxylation is 1. The van der Waals surface area contributed by atoms with E-state index >= 15 is 0 Å². The maximum atomic E-state index is 6.00. The van der Waals surface area contributed by atoms with Crippen LogP contribution in [0.15, 0.2) is 24.3 Å². The maximum Gasteiger partial charge on any atom is 0.161 e. The van der Waals surface area contributed by atoms with E-state index in [4.69, 9.17) is 17.3 Å². The van der Waals surface area contributed by atoms with Gasteiger partial charge in [0.05, 0.1) is 5.69 Å². The highest BCUT2D eigenvalue weighted by atomic mass is 35.5. The van der Waals surface area contributed by atoms with Gasteiger partial charge in [0.15, 0.2) is 5.82 Å². The lowest BCUT2D eigenvalue weighted by molar-refractivity contribution is 0.567. The van der Waals surface area contributed by atoms with Crippen LogP contribution in [0.4, 0.5) is 5.69 Å². The second-order valence-corrected chi connectivity index (χ2v) is 6.14. The molecule has 0 saturated heterocycles. The van der Waals surface area contributed by atoms with Gasteiger partial charge >= 0.3 is 0 Å². The molecule has 2 rings (SSSR count). The van der Waals surface area contributed by atoms with Gasteiger partial charge in [-0.3, -0.25) is 0 Å². The molecule has 0 fully saturated rings. The molecule has 100 valence electrons. The zero-order valence-corrected chi connectivity index (χ0v) is 12.4. The molecule has 4 heteroatoms. The van der Waals surface area contributed by atoms with Crippen molar-refractivity contribution in [2.45, 2.75) is 33.1 Å². The van der Waals surface area contributed by atoms with Crippen LogP contribution in [0.2, 0.25) is 5.02 Å². The summed E-state index contributed by atoms with van der Waals surface area (Å²) in [6.07, 6.45) is 0. The number of benzene rings is 1. The number of aromatic nitrogens is 2. The number of halogens is 1. The van der Waals surface area contributed by atoms with E-state index in [1.54, 1.807) is 12.1 Å². The molecular weight excluding hydrogens is 258 g/mol. The molecule has 0 aliphatic heterocycles. The molecule has 0 atom stereocenters. The highest BCUT2D eigenvalue weighted by molar-refractivity contribution is 6.31. The molecule has 0 unspecified atom stereocenters. The number of hydrogen-bond donors (Lipinski definition) is 1. The minimum absolute atomic E-state index is 0.0242. The Morgan fingerprint density at radius 3 is 2.37 bits per heavy atom. The molecule has 0 radical (unpaired) electrons. The van der Waals surface area contributed by atoms with Crippen molar-refractivity contribution in [3.05, 3.63) is 40.7 Å². The van der Waals surface area contributed by atoms with Crippen LogP contribution in [0.25, 0.3) is 11.4 Å². The van der Waals surface area contributed by atoms with Gasteiger partial charge in [0.2, 0.25) is 0 Å². The first kappa shape index (κ1) is 13.8. The van der Waals surface area contributed by atoms with E-state index in [1.165, 1.54) is 0 Å². The van der Waals surface area contributed by atoms with Crippen LogP contribution in [0.3, 0.4) is 0 Å². The van der Waals surface area contributed by atoms with E-state index < -0.39 is 0 Å². The highest BCUT2D eigenvalue weighted by Gasteiger charge is 2.18. The summed E-state index contributed by atoms with van der Waals surface area (Å²) >= 11 is 5.92. The van der Waals surface area contributed by atoms with Crippen molar-refractivity contribution in [3.8, 4) is 11.4 Å². The molecule has 2 aromatic rings. The largest absolute Gasteiger partial charge is 0.398 e. The Morgan fingerprint density at radius 1 is 1.11 bits per heavy atom. The summed E-state index contributed by atoms with van der Waals surface area (Å²) in [5.74, 6) is 0.652. The summed E-state index contributed by atoms with van der Waals surface area (Å²) < 4.78 is 0. The van der Waals surface area contributed by atoms with Crippen molar-refractivity contribution in [2.75, 3.05) is 5.73 Å². The third kappa shape index (κ3) is 3.04. The van der Waals surface area contributed by atoms with Crippen LogP contribution in [-0.2, 0) is 5.41 Å². The fraction of sp³-hybridized carbons (Fsp3) is 0.333. The molecule has 2 N–H and O–H groups in total. The van der Waals surface area contributed by atoms with E-state index in [2.05, 4.69) is 30.7 Å². The second-order valence-electron chi connectivity index (χ2n) is 5.70. The monoisotopic (exact) mass is 275 g/mol. The Hall–Kier alpha value is -1.61. The number of anilines is 1. The van der Waals surface area contributed by atoms with E-state index in [1.807, 2.05) is 19.1 Å². The first-order chi connectivity index (χ1) is 8.77. The Bertz CT molecular complexity index is 615. The minimum Gasteiger partial charge on any atom is -0.398 e. The molecule has 0 aliphatic carbocycles. The molecule has 1 aromatic heterocycles. The lowest BCUT2D eigenvalue weighted by Gasteiger charge is -2.19. The van der Waals surface area contributed by atoms with Gasteiger partial charge in [-0.05, 0) is 31.2 Å². The number of nitrogen functional groups attached to an aromatic ring is 1. The average molecular weight is 276 g/mol. The molecule has 3 nitrogen and oxygen atoms in total. The lowest BCUT2D eigenvalue weighted by Crippen LogP contribution is -2.15. The maximum absolute atomic E-state index is 6.00. The van der Waals surface area contributed by atoms with Gasteiger partial charge in [0.25, 0.3) is 0 Å². The molecule has 0 saturated carbocycles. The van der Waals surface area contributed by atoms with Crippen molar-refractivity contribution >= 4 is 17.3 Å². The van der Waals surface area contributed by atoms with Crippen molar-refractivity contribution < 1.29 is 0 Å². The van der Waals surface area contributed by atoms with Crippen LogP contribution < -0.4 is 5.73 Å². The normalized spacial score (nSPS) is 11.6. The molecule has 1 heterocycles. The Balaban J connectivity index is 2.59. The Kier molecular flexibility index (Phi) is 3.50. The third-order valence-electron chi connectivity index (χ3n) is 2.88. The molecule has 19 heavy (non-hydrogen) atoms. The zero-order valence-electron chi connectivity index (χ0n) is 11.7. The van der Waals surface area contributed by atoms with E-state index in [0.29, 0.717) is 16.5 Å². The van der Waals surface area contributed by atoms with Gasteiger partial charge in [0, 0.05) is 27.4 Å². The highest BCUT2D eigenvalue weighted by Crippen LogP contribution is 2.28. The Labute approximate surface area is 118 Å². The summed E-state index contributed by atoms with van der Waals surface area (Å²) in [4.78, 5) is 9.11. The average Bonchev–Trinajstić information content (AvgIpc) is 2.26. The molecule has 0 spiro atoms. The van der Waals surface area contributed by atoms with Crippen molar-refractivity contribution in [2.24, 2.45) is 0 Å². The summed E-state index contributed by atoms with van der Waals surface area (Å²) in [6, 6.07) is 7.39. The molecule has 0 bridgehead atoms. The summed E-state index contributed by atoms with van der Waals surface area (Å²) in [6.45, 7) is 8.35. The van der Waals surface area contributed by atoms with Crippen molar-refractivity contribution in [3.63, 3.8) is 0 Å². The Morgan fingerprint density at radius 2 is 1.79 bits per heavy atom. The van der Waals surface area contributed by atoms with Crippen LogP contribution in [0.5, 0.6) is 0 Å². The minimum atomic E-state index is -0.0242. The lowest BCUT2D eigenvalue weighted by atomic mass is 9.91. The van der Waals surface area contributed by atoms with Crippen molar-refractivity contribution in [1.82, 2.24) is 9.97 Å². The fourth-order valence-corrected chi connectivity index (χ4v) is 1.99. The van der Waals surface area contributed by atoms with E-state index in [0.717, 1.165) is 17.0 Å². The summed E-state index contributed by atoms with van der Waals surface area (Å²) in [5, 5.41) is 0.616. The molecule has 0 aliphatic rings. The number of nitrogens with two attached hydrogens (primary N) is 1. The third-order valence-corrected chi connectivity index (χ3v) is 3.11. The topological polar surface area (TPSA) is 51.8 Å². The molecular formula is C15H18ClN3. The van der Waals surface area contributed by atoms with Crippen molar-refractivity contribution in [1.29, 1.82) is 0 Å². The standard InChI is InChI=1S/C15H18ClN3/c1-9-7-13(15(2,3)4)19-14(18-9)11-6-5-10(16)8-12(11)17/h5-8H,17H2,1-4H3. The van der Waals surface area contributed by atoms with Gasteiger partial charge < -0.3 is 5.73 Å². The predicted molar refractivity (Wildman–Crippen MR) is 80.3 cm³/mol. The number of rotatable bonds is 1. The SMILES string of the molecule is Cc1cc(C(C)(C)C)nc(-c2ccc(Cl)cc2N)n1. The quantitative estimate of drug-likeness (QED) is 0.801. The van der Waals surface area contributed by atoms with Crippen LogP contribution >= 0.6 is 11.6 Å². The van der Waals surface area contributed by atoms with Crippen LogP contribution in [0.1, 0.15) is 32.2 Å². The van der Waals surface area contributed by atoms with E-state index in [-0.39, 0.29) is 5.41 Å². The first-order valence-corrected chi connectivity index (χ1v) is 6.57. The number of nitrogens with zero attached hydrogens (tertiary/aromatic N) is 2. The zero-order chi connectivity index (χ0) is 14.2. The summed E-state index contributed by atoms with van der Waals surface area (Å²) in [5.41, 5.74) is 9.33. The van der Waals surface area contributed by atoms with Gasteiger partial charge in [-0.1, -0.05) is 32.4 Å². The predicted octanol–water partition coefficient (Wildman–Crippen LogP) is 3.99. The van der Waals surface area contributed by atoms with Gasteiger partial charge in [-0.2, -0.15) is 0 Å². The number of hydrogen-bond acceptors (Lipinski definition) is 3. The fourth-order valence-electron chi connectivity index (χ4n) is 1.81.